The largest absolute Gasteiger partial charge is 0.471 e. The van der Waals surface area contributed by atoms with E-state index in [0.29, 0.717) is 12.5 Å². The van der Waals surface area contributed by atoms with Crippen LogP contribution >= 0.6 is 0 Å². The smallest absolute Gasteiger partial charge is 0.223 e. The minimum atomic E-state index is 0.445. The van der Waals surface area contributed by atoms with Gasteiger partial charge < -0.3 is 9.57 Å². The summed E-state index contributed by atoms with van der Waals surface area (Å²) in [6.07, 6.45) is 1.73. The highest BCUT2D eigenvalue weighted by molar-refractivity contribution is 6.06. The Balaban J connectivity index is 2.52. The molecular weight excluding hydrogens is 168 g/mol. The van der Waals surface area contributed by atoms with Gasteiger partial charge in [0, 0.05) is 6.20 Å². The summed E-state index contributed by atoms with van der Waals surface area (Å²) in [6, 6.07) is 1.93. The van der Waals surface area contributed by atoms with Crippen LogP contribution in [0.3, 0.4) is 0 Å². The van der Waals surface area contributed by atoms with Crippen molar-refractivity contribution in [3.63, 3.8) is 0 Å². The Hall–Kier alpha value is -1.58. The molecular formula is C9H10N2O2. The van der Waals surface area contributed by atoms with Crippen molar-refractivity contribution >= 4 is 5.71 Å². The molecule has 2 heterocycles. The van der Waals surface area contributed by atoms with E-state index in [1.807, 2.05) is 13.0 Å². The molecule has 0 atom stereocenters. The average molecular weight is 178 g/mol. The molecule has 0 spiro atoms. The number of oxime groups is 1. The van der Waals surface area contributed by atoms with Gasteiger partial charge in [-0.2, -0.15) is 0 Å². The second-order valence-corrected chi connectivity index (χ2v) is 2.82. The predicted octanol–water partition coefficient (Wildman–Crippen LogP) is 1.13. The number of rotatable bonds is 1. The monoisotopic (exact) mass is 178 g/mol. The summed E-state index contributed by atoms with van der Waals surface area (Å²) in [7, 11) is 1.52. The molecule has 1 aliphatic heterocycles. The molecule has 0 amide bonds. The minimum absolute atomic E-state index is 0.445. The predicted molar refractivity (Wildman–Crippen MR) is 48.0 cm³/mol. The van der Waals surface area contributed by atoms with Gasteiger partial charge in [0.25, 0.3) is 0 Å². The third-order valence-electron chi connectivity index (χ3n) is 1.96. The van der Waals surface area contributed by atoms with E-state index in [9.17, 15) is 0 Å². The van der Waals surface area contributed by atoms with Gasteiger partial charge >= 0.3 is 0 Å². The molecule has 0 N–H and O–H groups in total. The van der Waals surface area contributed by atoms with Gasteiger partial charge in [-0.25, -0.2) is 4.98 Å². The third-order valence-corrected chi connectivity index (χ3v) is 1.96. The van der Waals surface area contributed by atoms with E-state index >= 15 is 0 Å². The first kappa shape index (κ1) is 8.04. The maximum Gasteiger partial charge on any atom is 0.223 e. The van der Waals surface area contributed by atoms with Crippen molar-refractivity contribution in [2.75, 3.05) is 13.7 Å². The van der Waals surface area contributed by atoms with Crippen molar-refractivity contribution in [2.24, 2.45) is 5.16 Å². The molecule has 0 bridgehead atoms. The van der Waals surface area contributed by atoms with E-state index in [-0.39, 0.29) is 0 Å². The summed E-state index contributed by atoms with van der Waals surface area (Å²) in [5, 5.41) is 3.88. The van der Waals surface area contributed by atoms with E-state index in [1.165, 1.54) is 7.11 Å². The number of pyridine rings is 1. The van der Waals surface area contributed by atoms with Crippen molar-refractivity contribution in [2.45, 2.75) is 6.92 Å². The van der Waals surface area contributed by atoms with Gasteiger partial charge in [-0.15, -0.1) is 0 Å². The van der Waals surface area contributed by atoms with Crippen LogP contribution in [0.5, 0.6) is 5.88 Å². The van der Waals surface area contributed by atoms with E-state index in [4.69, 9.17) is 9.57 Å². The van der Waals surface area contributed by atoms with E-state index < -0.39 is 0 Å². The van der Waals surface area contributed by atoms with Crippen molar-refractivity contribution in [3.05, 3.63) is 23.4 Å². The van der Waals surface area contributed by atoms with Crippen LogP contribution in [0.25, 0.3) is 0 Å². The lowest BCUT2D eigenvalue weighted by molar-refractivity contribution is 0.211. The normalized spacial score (nSPS) is 16.9. The highest BCUT2D eigenvalue weighted by Gasteiger charge is 2.22. The molecule has 13 heavy (non-hydrogen) atoms. The Morgan fingerprint density at radius 2 is 2.46 bits per heavy atom. The molecule has 68 valence electrons. The number of ether oxygens (including phenoxy) is 1. The van der Waals surface area contributed by atoms with Gasteiger partial charge in [-0.05, 0) is 18.6 Å². The first-order valence-corrected chi connectivity index (χ1v) is 4.01. The molecule has 0 radical (unpaired) electrons. The fourth-order valence-electron chi connectivity index (χ4n) is 1.38. The lowest BCUT2D eigenvalue weighted by Gasteiger charge is -1.99. The first-order valence-electron chi connectivity index (χ1n) is 4.01. The fraction of sp³-hybridized carbons (Fsp3) is 0.333. The van der Waals surface area contributed by atoms with Gasteiger partial charge in [-0.3, -0.25) is 0 Å². The van der Waals surface area contributed by atoms with Crippen LogP contribution in [0, 0.1) is 6.92 Å². The van der Waals surface area contributed by atoms with Gasteiger partial charge in [0.05, 0.1) is 5.56 Å². The van der Waals surface area contributed by atoms with Crippen molar-refractivity contribution in [1.82, 2.24) is 4.98 Å². The maximum atomic E-state index is 5.32. The lowest BCUT2D eigenvalue weighted by atomic mass is 10.1. The Bertz CT molecular complexity index is 361. The number of fused-ring (bicyclic) bond motifs is 1. The Labute approximate surface area is 76.2 Å². The summed E-state index contributed by atoms with van der Waals surface area (Å²) < 4.78 is 5.32. The van der Waals surface area contributed by atoms with Crippen LogP contribution in [0.1, 0.15) is 11.1 Å². The van der Waals surface area contributed by atoms with Crippen LogP contribution in [0.2, 0.25) is 0 Å². The zero-order chi connectivity index (χ0) is 9.26. The highest BCUT2D eigenvalue weighted by Crippen LogP contribution is 2.25. The summed E-state index contributed by atoms with van der Waals surface area (Å²) in [5.74, 6) is 0.649. The SMILES string of the molecule is CON=C1COc2nccc(C)c21. The molecule has 1 aliphatic rings. The number of aromatic nitrogens is 1. The summed E-state index contributed by atoms with van der Waals surface area (Å²) in [6.45, 7) is 2.45. The Morgan fingerprint density at radius 3 is 3.23 bits per heavy atom. The van der Waals surface area contributed by atoms with Crippen molar-refractivity contribution < 1.29 is 9.57 Å². The van der Waals surface area contributed by atoms with Gasteiger partial charge in [0.2, 0.25) is 5.88 Å². The highest BCUT2D eigenvalue weighted by atomic mass is 16.6. The zero-order valence-electron chi connectivity index (χ0n) is 7.57. The van der Waals surface area contributed by atoms with Crippen LogP contribution < -0.4 is 4.74 Å². The molecule has 0 fully saturated rings. The van der Waals surface area contributed by atoms with Crippen LogP contribution in [0.4, 0.5) is 0 Å². The van der Waals surface area contributed by atoms with E-state index in [2.05, 4.69) is 10.1 Å². The number of hydrogen-bond donors (Lipinski definition) is 0. The first-order chi connectivity index (χ1) is 6.33. The van der Waals surface area contributed by atoms with Gasteiger partial charge in [-0.1, -0.05) is 5.16 Å². The fourth-order valence-corrected chi connectivity index (χ4v) is 1.38. The summed E-state index contributed by atoms with van der Waals surface area (Å²) >= 11 is 0. The number of aryl methyl sites for hydroxylation is 1. The Morgan fingerprint density at radius 1 is 1.62 bits per heavy atom. The molecule has 0 saturated carbocycles. The molecule has 2 rings (SSSR count). The molecule has 4 nitrogen and oxygen atoms in total. The van der Waals surface area contributed by atoms with E-state index in [1.54, 1.807) is 6.20 Å². The van der Waals surface area contributed by atoms with Gasteiger partial charge in [0.1, 0.15) is 19.4 Å². The number of hydrogen-bond acceptors (Lipinski definition) is 4. The third kappa shape index (κ3) is 1.24. The van der Waals surface area contributed by atoms with Crippen molar-refractivity contribution in [1.29, 1.82) is 0 Å². The number of nitrogens with zero attached hydrogens (tertiary/aromatic N) is 2. The second-order valence-electron chi connectivity index (χ2n) is 2.82. The second kappa shape index (κ2) is 3.05. The van der Waals surface area contributed by atoms with Crippen LogP contribution in [-0.4, -0.2) is 24.4 Å². The molecule has 4 heteroatoms. The average Bonchev–Trinajstić information content (AvgIpc) is 2.51. The molecule has 1 aromatic rings. The van der Waals surface area contributed by atoms with E-state index in [0.717, 1.165) is 16.8 Å². The lowest BCUT2D eigenvalue weighted by Crippen LogP contribution is -2.03. The molecule has 0 saturated heterocycles. The maximum absolute atomic E-state index is 5.32. The van der Waals surface area contributed by atoms with Crippen molar-refractivity contribution in [3.8, 4) is 5.88 Å². The molecule has 0 aliphatic carbocycles. The summed E-state index contributed by atoms with van der Waals surface area (Å²) in [5.41, 5.74) is 2.88. The molecule has 1 aromatic heterocycles. The zero-order valence-corrected chi connectivity index (χ0v) is 7.57. The van der Waals surface area contributed by atoms with Gasteiger partial charge in [0.15, 0.2) is 0 Å². The van der Waals surface area contributed by atoms with Crippen LogP contribution in [-0.2, 0) is 4.84 Å². The standard InChI is InChI=1S/C9H10N2O2/c1-6-3-4-10-9-8(6)7(5-13-9)11-12-2/h3-4H,5H2,1-2H3. The summed E-state index contributed by atoms with van der Waals surface area (Å²) in [4.78, 5) is 8.81. The van der Waals surface area contributed by atoms with Crippen LogP contribution in [0.15, 0.2) is 17.4 Å². The molecule has 0 unspecified atom stereocenters. The Kier molecular flexibility index (Phi) is 1.88. The molecule has 0 aromatic carbocycles. The minimum Gasteiger partial charge on any atom is -0.471 e. The quantitative estimate of drug-likeness (QED) is 0.605. The topological polar surface area (TPSA) is 43.7 Å².